The molecule has 0 unspecified atom stereocenters. The van der Waals surface area contributed by atoms with Crippen molar-refractivity contribution in [1.82, 2.24) is 9.78 Å². The molecule has 1 heterocycles. The van der Waals surface area contributed by atoms with Gasteiger partial charge in [-0.3, -0.25) is 0 Å². The third-order valence-electron chi connectivity index (χ3n) is 4.60. The Hall–Kier alpha value is -4.74. The fourth-order valence-corrected chi connectivity index (χ4v) is 3.04. The summed E-state index contributed by atoms with van der Waals surface area (Å²) in [5.41, 5.74) is 8.02. The van der Waals surface area contributed by atoms with E-state index in [1.807, 2.05) is 30.3 Å². The van der Waals surface area contributed by atoms with E-state index in [0.717, 1.165) is 0 Å². The number of unbranched alkanes of at least 4 members (excludes halogenated alkanes) is 1. The van der Waals surface area contributed by atoms with Gasteiger partial charge >= 0.3 is 0 Å². The molecule has 3 rings (SSSR count). The van der Waals surface area contributed by atoms with E-state index in [2.05, 4.69) is 23.3 Å². The van der Waals surface area contributed by atoms with Crippen LogP contribution >= 0.6 is 0 Å². The number of hydrogen-bond donors (Lipinski definition) is 1. The molecular formula is C24H20N6O2. The average Bonchev–Trinajstić information content (AvgIpc) is 3.17. The van der Waals surface area contributed by atoms with Gasteiger partial charge in [-0.25, -0.2) is 4.68 Å². The second-order valence-corrected chi connectivity index (χ2v) is 6.66. The van der Waals surface area contributed by atoms with Gasteiger partial charge in [0.1, 0.15) is 29.2 Å². The molecule has 0 aliphatic carbocycles. The molecule has 0 aliphatic rings. The fraction of sp³-hybridized carbons (Fsp3) is 0.167. The zero-order valence-corrected chi connectivity index (χ0v) is 17.4. The lowest BCUT2D eigenvalue weighted by molar-refractivity contribution is 0.291. The average molecular weight is 424 g/mol. The minimum absolute atomic E-state index is 0.131. The lowest BCUT2D eigenvalue weighted by Gasteiger charge is -2.11. The number of ether oxygens (including phenoxy) is 2. The molecule has 1 aromatic heterocycles. The number of para-hydroxylation sites is 1. The molecule has 0 aliphatic heterocycles. The summed E-state index contributed by atoms with van der Waals surface area (Å²) >= 11 is 0. The number of benzene rings is 2. The highest BCUT2D eigenvalue weighted by molar-refractivity contribution is 5.91. The maximum absolute atomic E-state index is 9.78. The van der Waals surface area contributed by atoms with Gasteiger partial charge in [0.05, 0.1) is 31.0 Å². The Morgan fingerprint density at radius 3 is 2.56 bits per heavy atom. The molecule has 2 N–H and O–H groups in total. The molecule has 0 spiro atoms. The lowest BCUT2D eigenvalue weighted by Crippen LogP contribution is -2.02. The Labute approximate surface area is 185 Å². The molecule has 0 bridgehead atoms. The number of anilines is 1. The quantitative estimate of drug-likeness (QED) is 0.425. The number of nitriles is 3. The minimum Gasteiger partial charge on any atom is -0.493 e. The van der Waals surface area contributed by atoms with Gasteiger partial charge in [-0.1, -0.05) is 24.3 Å². The first-order valence-electron chi connectivity index (χ1n) is 9.77. The summed E-state index contributed by atoms with van der Waals surface area (Å²) in [5.74, 6) is 1.19. The lowest BCUT2D eigenvalue weighted by atomic mass is 10.1. The highest BCUT2D eigenvalue weighted by Crippen LogP contribution is 2.31. The van der Waals surface area contributed by atoms with Crippen LogP contribution in [0, 0.1) is 34.0 Å². The van der Waals surface area contributed by atoms with Crippen LogP contribution in [-0.4, -0.2) is 23.5 Å². The number of allylic oxidation sites excluding steroid dienone is 1. The number of rotatable bonds is 8. The van der Waals surface area contributed by atoms with Crippen LogP contribution < -0.4 is 15.2 Å². The third-order valence-corrected chi connectivity index (χ3v) is 4.60. The van der Waals surface area contributed by atoms with Gasteiger partial charge in [-0.05, 0) is 42.3 Å². The van der Waals surface area contributed by atoms with Gasteiger partial charge in [0.15, 0.2) is 11.5 Å². The molecule has 32 heavy (non-hydrogen) atoms. The van der Waals surface area contributed by atoms with Crippen LogP contribution in [0.2, 0.25) is 0 Å². The van der Waals surface area contributed by atoms with Gasteiger partial charge in [0.2, 0.25) is 0 Å². The predicted molar refractivity (Wildman–Crippen MR) is 120 cm³/mol. The van der Waals surface area contributed by atoms with Crippen molar-refractivity contribution in [3.63, 3.8) is 0 Å². The Bertz CT molecular complexity index is 1260. The van der Waals surface area contributed by atoms with Crippen LogP contribution in [0.4, 0.5) is 5.82 Å². The molecule has 2 aromatic carbocycles. The molecule has 8 nitrogen and oxygen atoms in total. The van der Waals surface area contributed by atoms with Gasteiger partial charge in [0.25, 0.3) is 0 Å². The Morgan fingerprint density at radius 2 is 1.91 bits per heavy atom. The molecule has 0 fully saturated rings. The van der Waals surface area contributed by atoms with E-state index in [9.17, 15) is 10.5 Å². The van der Waals surface area contributed by atoms with Crippen molar-refractivity contribution in [1.29, 1.82) is 15.8 Å². The van der Waals surface area contributed by atoms with Crippen molar-refractivity contribution in [3.8, 4) is 35.4 Å². The third kappa shape index (κ3) is 4.70. The number of nitrogen functional groups attached to an aromatic ring is 1. The van der Waals surface area contributed by atoms with Crippen molar-refractivity contribution in [3.05, 3.63) is 65.4 Å². The largest absolute Gasteiger partial charge is 0.493 e. The van der Waals surface area contributed by atoms with Gasteiger partial charge in [0, 0.05) is 6.42 Å². The van der Waals surface area contributed by atoms with E-state index in [1.54, 1.807) is 24.3 Å². The first-order chi connectivity index (χ1) is 15.6. The highest BCUT2D eigenvalue weighted by Gasteiger charge is 2.20. The molecule has 0 amide bonds. The second kappa shape index (κ2) is 10.3. The molecule has 158 valence electrons. The van der Waals surface area contributed by atoms with Crippen LogP contribution in [0.5, 0.6) is 11.5 Å². The second-order valence-electron chi connectivity index (χ2n) is 6.66. The summed E-state index contributed by atoms with van der Waals surface area (Å²) in [4.78, 5) is 0. The maximum Gasteiger partial charge on any atom is 0.161 e. The molecule has 8 heteroatoms. The van der Waals surface area contributed by atoms with Crippen LogP contribution in [0.15, 0.2) is 48.5 Å². The zero-order chi connectivity index (χ0) is 22.9. The van der Waals surface area contributed by atoms with E-state index >= 15 is 0 Å². The number of methoxy groups -OCH3 is 1. The summed E-state index contributed by atoms with van der Waals surface area (Å²) in [6.45, 7) is 0.393. The maximum atomic E-state index is 9.78. The minimum atomic E-state index is 0.131. The van der Waals surface area contributed by atoms with Crippen LogP contribution in [0.25, 0.3) is 17.3 Å². The summed E-state index contributed by atoms with van der Waals surface area (Å²) < 4.78 is 12.5. The Balaban J connectivity index is 1.97. The SMILES string of the molecule is COc1cc(C=C(C#N)c2nn(-c3ccccc3)c(N)c2C#N)ccc1OCCCC#N. The predicted octanol–water partition coefficient (Wildman–Crippen LogP) is 4.08. The molecule has 0 atom stereocenters. The van der Waals surface area contributed by atoms with Gasteiger partial charge in [-0.2, -0.15) is 20.9 Å². The van der Waals surface area contributed by atoms with Crippen molar-refractivity contribution >= 4 is 17.5 Å². The highest BCUT2D eigenvalue weighted by atomic mass is 16.5. The zero-order valence-electron chi connectivity index (χ0n) is 17.4. The standard InChI is InChI=1S/C24H20N6O2/c1-31-22-14-17(9-10-21(22)32-12-6-5-11-25)13-18(15-26)23-20(16-27)24(28)30(29-23)19-7-3-2-4-8-19/h2-4,7-10,13-14H,5-6,12,28H2,1H3. The summed E-state index contributed by atoms with van der Waals surface area (Å²) in [6.07, 6.45) is 2.64. The fourth-order valence-electron chi connectivity index (χ4n) is 3.04. The van der Waals surface area contributed by atoms with Crippen LogP contribution in [0.1, 0.15) is 29.7 Å². The molecular weight excluding hydrogens is 404 g/mol. The van der Waals surface area contributed by atoms with Crippen LogP contribution in [0.3, 0.4) is 0 Å². The molecule has 3 aromatic rings. The van der Waals surface area contributed by atoms with E-state index in [1.165, 1.54) is 11.8 Å². The molecule has 0 saturated heterocycles. The Morgan fingerprint density at radius 1 is 1.12 bits per heavy atom. The van der Waals surface area contributed by atoms with Crippen molar-refractivity contribution in [2.24, 2.45) is 0 Å². The summed E-state index contributed by atoms with van der Waals surface area (Å²) in [6, 6.07) is 20.6. The van der Waals surface area contributed by atoms with Gasteiger partial charge < -0.3 is 15.2 Å². The van der Waals surface area contributed by atoms with E-state index in [0.29, 0.717) is 42.2 Å². The monoisotopic (exact) mass is 424 g/mol. The first-order valence-corrected chi connectivity index (χ1v) is 9.77. The van der Waals surface area contributed by atoms with Gasteiger partial charge in [-0.15, -0.1) is 0 Å². The number of nitrogens with zero attached hydrogens (tertiary/aromatic N) is 5. The van der Waals surface area contributed by atoms with Crippen molar-refractivity contribution < 1.29 is 9.47 Å². The van der Waals surface area contributed by atoms with Crippen molar-refractivity contribution in [2.75, 3.05) is 19.5 Å². The normalized spacial score (nSPS) is 10.6. The van der Waals surface area contributed by atoms with E-state index in [-0.39, 0.29) is 22.6 Å². The summed E-state index contributed by atoms with van der Waals surface area (Å²) in [5, 5.41) is 32.5. The number of aromatic nitrogens is 2. The number of hydrogen-bond acceptors (Lipinski definition) is 7. The van der Waals surface area contributed by atoms with E-state index in [4.69, 9.17) is 20.5 Å². The first kappa shape index (κ1) is 22.0. The summed E-state index contributed by atoms with van der Waals surface area (Å²) in [7, 11) is 1.52. The topological polar surface area (TPSA) is 134 Å². The number of nitrogens with two attached hydrogens (primary N) is 1. The Kier molecular flexibility index (Phi) is 7.09. The molecule has 0 radical (unpaired) electrons. The molecule has 0 saturated carbocycles. The smallest absolute Gasteiger partial charge is 0.161 e. The van der Waals surface area contributed by atoms with Crippen molar-refractivity contribution in [2.45, 2.75) is 12.8 Å². The van der Waals surface area contributed by atoms with Crippen LogP contribution in [-0.2, 0) is 0 Å². The van der Waals surface area contributed by atoms with E-state index < -0.39 is 0 Å².